The van der Waals surface area contributed by atoms with Gasteiger partial charge in [0.15, 0.2) is 0 Å². The molecular weight excluding hydrogens is 136 g/mol. The van der Waals surface area contributed by atoms with Crippen molar-refractivity contribution in [3.05, 3.63) is 0 Å². The van der Waals surface area contributed by atoms with Crippen molar-refractivity contribution in [3.63, 3.8) is 0 Å². The number of carbonyl (C=O) groups is 2. The molecule has 3 N–H and O–H groups in total. The molecule has 0 radical (unpaired) electrons. The van der Waals surface area contributed by atoms with E-state index in [1.165, 1.54) is 0 Å². The summed E-state index contributed by atoms with van der Waals surface area (Å²) in [6, 6.07) is -0.672. The van der Waals surface area contributed by atoms with Crippen molar-refractivity contribution in [1.82, 2.24) is 10.6 Å². The zero-order chi connectivity index (χ0) is 7.98. The predicted molar refractivity (Wildman–Crippen MR) is 34.1 cm³/mol. The molecule has 58 valence electrons. The summed E-state index contributed by atoms with van der Waals surface area (Å²) >= 11 is 0. The Bertz CT molecular complexity index is 135. The number of hydrogen-bond acceptors (Lipinski definition) is 3. The van der Waals surface area contributed by atoms with Gasteiger partial charge in [-0.2, -0.15) is 0 Å². The normalized spacial score (nSPS) is 8.60. The van der Waals surface area contributed by atoms with E-state index in [1.807, 2.05) is 10.6 Å². The summed E-state index contributed by atoms with van der Waals surface area (Å²) in [4.78, 5) is 20.9. The van der Waals surface area contributed by atoms with Crippen molar-refractivity contribution >= 4 is 11.9 Å². The summed E-state index contributed by atoms with van der Waals surface area (Å²) in [6.45, 7) is 1.16. The summed E-state index contributed by atoms with van der Waals surface area (Å²) in [6.07, 6.45) is 0.249. The van der Waals surface area contributed by atoms with Crippen molar-refractivity contribution in [1.29, 1.82) is 0 Å². The van der Waals surface area contributed by atoms with Crippen molar-refractivity contribution < 1.29 is 14.7 Å². The summed E-state index contributed by atoms with van der Waals surface area (Å²) in [5.41, 5.74) is 0. The number of rotatable bonds is 2. The van der Waals surface area contributed by atoms with Crippen LogP contribution in [0.2, 0.25) is 0 Å². The first-order valence-electron chi connectivity index (χ1n) is 2.89. The van der Waals surface area contributed by atoms with Crippen LogP contribution in [-0.2, 0) is 4.79 Å². The molecule has 5 nitrogen and oxygen atoms in total. The maximum absolute atomic E-state index is 10.4. The monoisotopic (exact) mass is 146 g/mol. The highest BCUT2D eigenvalue weighted by Gasteiger charge is 2.01. The van der Waals surface area contributed by atoms with Gasteiger partial charge >= 0.3 is 6.03 Å². The smallest absolute Gasteiger partial charge is 0.323 e. The summed E-state index contributed by atoms with van der Waals surface area (Å²) in [5, 5.41) is 12.1. The van der Waals surface area contributed by atoms with Crippen LogP contribution in [0.15, 0.2) is 0 Å². The van der Waals surface area contributed by atoms with E-state index >= 15 is 0 Å². The molecule has 0 aliphatic rings. The van der Waals surface area contributed by atoms with Crippen LogP contribution < -0.4 is 10.6 Å². The Morgan fingerprint density at radius 2 is 2.10 bits per heavy atom. The maximum Gasteiger partial charge on any atom is 0.323 e. The quantitative estimate of drug-likeness (QED) is 0.445. The van der Waals surface area contributed by atoms with Crippen molar-refractivity contribution in [2.24, 2.45) is 0 Å². The number of carbonyl (C=O) groups excluding carboxylic acids is 2. The number of imide groups is 1. The number of aliphatic hydroxyl groups is 1. The van der Waals surface area contributed by atoms with Gasteiger partial charge in [0.25, 0.3) is 0 Å². The molecule has 0 spiro atoms. The van der Waals surface area contributed by atoms with E-state index in [-0.39, 0.29) is 12.3 Å². The van der Waals surface area contributed by atoms with Crippen LogP contribution in [0.25, 0.3) is 0 Å². The van der Waals surface area contributed by atoms with Crippen LogP contribution in [0.1, 0.15) is 13.3 Å². The zero-order valence-electron chi connectivity index (χ0n) is 5.68. The number of hydrogen-bond donors (Lipinski definition) is 3. The minimum Gasteiger partial charge on any atom is -0.376 e. The highest BCUT2D eigenvalue weighted by molar-refractivity contribution is 5.93. The van der Waals surface area contributed by atoms with Gasteiger partial charge in [-0.3, -0.25) is 10.1 Å². The van der Waals surface area contributed by atoms with Gasteiger partial charge in [0, 0.05) is 6.42 Å². The van der Waals surface area contributed by atoms with Crippen LogP contribution in [0.4, 0.5) is 4.79 Å². The van der Waals surface area contributed by atoms with Gasteiger partial charge in [0.2, 0.25) is 5.91 Å². The van der Waals surface area contributed by atoms with Crippen molar-refractivity contribution in [3.8, 4) is 0 Å². The zero-order valence-corrected chi connectivity index (χ0v) is 5.68. The lowest BCUT2D eigenvalue weighted by Crippen LogP contribution is -2.39. The van der Waals surface area contributed by atoms with Gasteiger partial charge in [0.05, 0.1) is 0 Å². The molecule has 0 fully saturated rings. The Morgan fingerprint density at radius 1 is 1.50 bits per heavy atom. The third-order valence-electron chi connectivity index (χ3n) is 0.814. The molecule has 0 unspecified atom stereocenters. The van der Waals surface area contributed by atoms with E-state index in [0.717, 1.165) is 0 Å². The molecule has 5 heteroatoms. The molecule has 0 saturated carbocycles. The average molecular weight is 146 g/mol. The topological polar surface area (TPSA) is 78.4 Å². The van der Waals surface area contributed by atoms with Gasteiger partial charge in [0.1, 0.15) is 6.73 Å². The van der Waals surface area contributed by atoms with Crippen molar-refractivity contribution in [2.45, 2.75) is 13.3 Å². The van der Waals surface area contributed by atoms with E-state index in [2.05, 4.69) is 0 Å². The third-order valence-corrected chi connectivity index (χ3v) is 0.814. The Kier molecular flexibility index (Phi) is 4.23. The standard InChI is InChI=1S/C5H10N2O3/c1-2-4(9)7-5(10)6-3-8/h8H,2-3H2,1H3,(H2,6,7,9,10). The first-order valence-corrected chi connectivity index (χ1v) is 2.89. The molecule has 3 amide bonds. The van der Waals surface area contributed by atoms with Gasteiger partial charge in [-0.1, -0.05) is 6.92 Å². The fourth-order valence-corrected chi connectivity index (χ4v) is 0.331. The minimum absolute atomic E-state index is 0.249. The maximum atomic E-state index is 10.4. The SMILES string of the molecule is CCC(=O)NC(=O)NCO. The Morgan fingerprint density at radius 3 is 2.50 bits per heavy atom. The molecule has 0 saturated heterocycles. The van der Waals surface area contributed by atoms with Crippen LogP contribution in [0.5, 0.6) is 0 Å². The molecule has 0 atom stereocenters. The molecule has 0 aromatic rings. The van der Waals surface area contributed by atoms with Gasteiger partial charge in [-0.15, -0.1) is 0 Å². The Hall–Kier alpha value is -1.10. The van der Waals surface area contributed by atoms with Gasteiger partial charge in [-0.05, 0) is 0 Å². The van der Waals surface area contributed by atoms with E-state index in [1.54, 1.807) is 6.92 Å². The van der Waals surface area contributed by atoms with E-state index < -0.39 is 12.8 Å². The molecule has 10 heavy (non-hydrogen) atoms. The number of urea groups is 1. The van der Waals surface area contributed by atoms with Crippen LogP contribution in [0.3, 0.4) is 0 Å². The second kappa shape index (κ2) is 4.75. The van der Waals surface area contributed by atoms with Crippen LogP contribution in [0, 0.1) is 0 Å². The lowest BCUT2D eigenvalue weighted by atomic mass is 10.5. The van der Waals surface area contributed by atoms with Crippen LogP contribution in [-0.4, -0.2) is 23.8 Å². The summed E-state index contributed by atoms with van der Waals surface area (Å²) in [5.74, 6) is -0.369. The molecule has 0 aliphatic carbocycles. The Labute approximate surface area is 58.4 Å². The highest BCUT2D eigenvalue weighted by atomic mass is 16.3. The second-order valence-electron chi connectivity index (χ2n) is 1.57. The molecule has 0 aromatic heterocycles. The molecular formula is C5H10N2O3. The molecule has 0 aliphatic heterocycles. The number of nitrogens with one attached hydrogen (secondary N) is 2. The highest BCUT2D eigenvalue weighted by Crippen LogP contribution is 1.73. The molecule has 0 rings (SSSR count). The Balaban J connectivity index is 3.47. The van der Waals surface area contributed by atoms with E-state index in [0.29, 0.717) is 0 Å². The first-order chi connectivity index (χ1) is 4.70. The predicted octanol–water partition coefficient (Wildman–Crippen LogP) is -0.828. The van der Waals surface area contributed by atoms with Crippen LogP contribution >= 0.6 is 0 Å². The van der Waals surface area contributed by atoms with Crippen molar-refractivity contribution in [2.75, 3.05) is 6.73 Å². The largest absolute Gasteiger partial charge is 0.376 e. The van der Waals surface area contributed by atoms with Gasteiger partial charge in [-0.25, -0.2) is 4.79 Å². The summed E-state index contributed by atoms with van der Waals surface area (Å²) in [7, 11) is 0. The minimum atomic E-state index is -0.672. The number of aliphatic hydroxyl groups excluding tert-OH is 1. The lowest BCUT2D eigenvalue weighted by molar-refractivity contribution is -0.119. The van der Waals surface area contributed by atoms with E-state index in [4.69, 9.17) is 5.11 Å². The fraction of sp³-hybridized carbons (Fsp3) is 0.600. The molecule has 0 heterocycles. The van der Waals surface area contributed by atoms with E-state index in [9.17, 15) is 9.59 Å². The lowest BCUT2D eigenvalue weighted by Gasteiger charge is -2.00. The fourth-order valence-electron chi connectivity index (χ4n) is 0.331. The first kappa shape index (κ1) is 8.90. The average Bonchev–Trinajstić information content (AvgIpc) is 1.88. The summed E-state index contributed by atoms with van der Waals surface area (Å²) < 4.78 is 0. The second-order valence-corrected chi connectivity index (χ2v) is 1.57. The number of amides is 3. The molecule has 0 aromatic carbocycles. The molecule has 0 bridgehead atoms. The van der Waals surface area contributed by atoms with Gasteiger partial charge < -0.3 is 10.4 Å². The third kappa shape index (κ3) is 3.85.